The summed E-state index contributed by atoms with van der Waals surface area (Å²) in [6.45, 7) is 2.43. The minimum atomic E-state index is -5.14. The average Bonchev–Trinajstić information content (AvgIpc) is 1.78. The Morgan fingerprint density at radius 2 is 1.50 bits per heavy atom. The molecule has 0 heterocycles. The fourth-order valence-electron chi connectivity index (χ4n) is 0.425. The Kier molecular flexibility index (Phi) is 4.78. The second-order valence-electron chi connectivity index (χ2n) is 2.45. The predicted molar refractivity (Wildman–Crippen MR) is 50.6 cm³/mol. The van der Waals surface area contributed by atoms with E-state index in [-0.39, 0.29) is 7.00 Å². The summed E-state index contributed by atoms with van der Waals surface area (Å²) in [7, 11) is -13.5. The summed E-state index contributed by atoms with van der Waals surface area (Å²) in [5.41, 5.74) is 0. The smallest absolute Gasteiger partial charge is 0.304 e. The van der Waals surface area contributed by atoms with E-state index in [2.05, 4.69) is 8.62 Å². The van der Waals surface area contributed by atoms with Gasteiger partial charge in [0.2, 0.25) is 7.00 Å². The summed E-state index contributed by atoms with van der Waals surface area (Å²) in [6.07, 6.45) is 0. The Morgan fingerprint density at radius 3 is 1.79 bits per heavy atom. The maximum absolute atomic E-state index is 11.2. The fourth-order valence-corrected chi connectivity index (χ4v) is 4.10. The van der Waals surface area contributed by atoms with Crippen molar-refractivity contribution in [2.24, 2.45) is 0 Å². The minimum Gasteiger partial charge on any atom is -0.304 e. The first-order valence-electron chi connectivity index (χ1n) is 3.35. The average molecular weight is 266 g/mol. The van der Waals surface area contributed by atoms with E-state index in [0.717, 1.165) is 6.66 Å². The number of hydrogen-bond acceptors (Lipinski definition) is 5. The molecule has 0 aromatic carbocycles. The standard InChI is InChI=1S/C2H10BO8P3/c1-3-12(2,4)10-14(8,9)11-13(5,6)7/h3H,1-2H3,(H,8,9)(H2,5,6,7). The van der Waals surface area contributed by atoms with Crippen LogP contribution in [-0.2, 0) is 22.3 Å². The van der Waals surface area contributed by atoms with Crippen molar-refractivity contribution in [3.63, 3.8) is 0 Å². The van der Waals surface area contributed by atoms with Crippen molar-refractivity contribution in [1.29, 1.82) is 0 Å². The van der Waals surface area contributed by atoms with Gasteiger partial charge in [0.15, 0.2) is 7.25 Å². The molecule has 8 nitrogen and oxygen atoms in total. The van der Waals surface area contributed by atoms with Gasteiger partial charge in [-0.3, -0.25) is 0 Å². The molecule has 14 heavy (non-hydrogen) atoms. The second kappa shape index (κ2) is 4.60. The third-order valence-corrected chi connectivity index (χ3v) is 6.09. The first kappa shape index (κ1) is 14.6. The van der Waals surface area contributed by atoms with E-state index < -0.39 is 22.9 Å². The Hall–Kier alpha value is 0.555. The van der Waals surface area contributed by atoms with Gasteiger partial charge in [-0.25, -0.2) is 13.4 Å². The van der Waals surface area contributed by atoms with E-state index in [4.69, 9.17) is 14.7 Å². The number of rotatable bonds is 5. The van der Waals surface area contributed by atoms with Crippen LogP contribution < -0.4 is 0 Å². The molecule has 0 fully saturated rings. The van der Waals surface area contributed by atoms with Crippen LogP contribution in [0.15, 0.2) is 0 Å². The lowest BCUT2D eigenvalue weighted by Gasteiger charge is -2.16. The Morgan fingerprint density at radius 1 is 1.07 bits per heavy atom. The molecule has 0 aliphatic carbocycles. The molecule has 0 spiro atoms. The highest BCUT2D eigenvalue weighted by Gasteiger charge is 2.37. The topological polar surface area (TPSA) is 130 Å². The lowest BCUT2D eigenvalue weighted by Crippen LogP contribution is -1.95. The third-order valence-electron chi connectivity index (χ3n) is 1.06. The number of phosphoric acid groups is 2. The van der Waals surface area contributed by atoms with Crippen LogP contribution in [0.2, 0.25) is 6.82 Å². The summed E-state index contributed by atoms with van der Waals surface area (Å²) in [5.74, 6) is 0. The maximum Gasteiger partial charge on any atom is 0.486 e. The first-order valence-corrected chi connectivity index (χ1v) is 8.63. The molecule has 2 unspecified atom stereocenters. The quantitative estimate of drug-likeness (QED) is 0.484. The van der Waals surface area contributed by atoms with E-state index in [1.54, 1.807) is 0 Å². The minimum absolute atomic E-state index is 0.0535. The highest BCUT2D eigenvalue weighted by Crippen LogP contribution is 2.65. The molecule has 0 amide bonds. The van der Waals surface area contributed by atoms with E-state index in [1.807, 2.05) is 0 Å². The highest BCUT2D eigenvalue weighted by atomic mass is 31.3. The Bertz CT molecular complexity index is 331. The lowest BCUT2D eigenvalue weighted by atomic mass is 10.2. The number of hydrogen-bond donors (Lipinski definition) is 3. The fraction of sp³-hybridized carbons (Fsp3) is 1.00. The van der Waals surface area contributed by atoms with Crippen LogP contribution in [-0.4, -0.2) is 28.3 Å². The van der Waals surface area contributed by atoms with Crippen LogP contribution in [0.4, 0.5) is 0 Å². The van der Waals surface area contributed by atoms with E-state index in [0.29, 0.717) is 0 Å². The van der Waals surface area contributed by atoms with E-state index >= 15 is 0 Å². The van der Waals surface area contributed by atoms with E-state index in [9.17, 15) is 13.7 Å². The molecule has 3 N–H and O–H groups in total. The SMILES string of the molecule is CBP(C)(=O)OP(=O)(O)OP(=O)(O)O. The zero-order chi connectivity index (χ0) is 11.6. The maximum atomic E-state index is 11.2. The molecule has 84 valence electrons. The Balaban J connectivity index is 4.60. The molecule has 0 aromatic rings. The van der Waals surface area contributed by atoms with Gasteiger partial charge < -0.3 is 19.2 Å². The summed E-state index contributed by atoms with van der Waals surface area (Å²) >= 11 is 0. The zero-order valence-electron chi connectivity index (χ0n) is 7.43. The van der Waals surface area contributed by atoms with Crippen LogP contribution in [0, 0.1) is 0 Å². The zero-order valence-corrected chi connectivity index (χ0v) is 10.1. The summed E-state index contributed by atoms with van der Waals surface area (Å²) in [5, 5.41) is 0. The molecule has 0 aliphatic heterocycles. The van der Waals surface area contributed by atoms with Crippen LogP contribution in [0.25, 0.3) is 0 Å². The monoisotopic (exact) mass is 266 g/mol. The van der Waals surface area contributed by atoms with E-state index in [1.165, 1.54) is 6.82 Å². The molecule has 0 rings (SSSR count). The lowest BCUT2D eigenvalue weighted by molar-refractivity contribution is 0.232. The van der Waals surface area contributed by atoms with Gasteiger partial charge in [0.1, 0.15) is 0 Å². The van der Waals surface area contributed by atoms with Gasteiger partial charge >= 0.3 is 15.6 Å². The molecule has 0 saturated heterocycles. The first-order chi connectivity index (χ1) is 5.97. The molecule has 0 bridgehead atoms. The van der Waals surface area contributed by atoms with Gasteiger partial charge in [0, 0.05) is 6.66 Å². The normalized spacial score (nSPS) is 20.9. The molecule has 2 atom stereocenters. The van der Waals surface area contributed by atoms with Crippen molar-refractivity contribution in [1.82, 2.24) is 0 Å². The largest absolute Gasteiger partial charge is 0.486 e. The van der Waals surface area contributed by atoms with Gasteiger partial charge in [-0.05, 0) is 0 Å². The molecule has 0 saturated carbocycles. The van der Waals surface area contributed by atoms with Crippen molar-refractivity contribution in [3.05, 3.63) is 0 Å². The molecule has 0 radical (unpaired) electrons. The second-order valence-corrected chi connectivity index (χ2v) is 8.34. The van der Waals surface area contributed by atoms with Gasteiger partial charge in [-0.1, -0.05) is 6.82 Å². The van der Waals surface area contributed by atoms with Gasteiger partial charge in [-0.2, -0.15) is 4.31 Å². The highest BCUT2D eigenvalue weighted by molar-refractivity contribution is 7.90. The van der Waals surface area contributed by atoms with Crippen molar-refractivity contribution in [2.75, 3.05) is 6.66 Å². The third kappa shape index (κ3) is 6.93. The molecule has 12 heteroatoms. The molecule has 0 aromatic heterocycles. The van der Waals surface area contributed by atoms with Crippen LogP contribution in [0.3, 0.4) is 0 Å². The van der Waals surface area contributed by atoms with Crippen molar-refractivity contribution in [3.8, 4) is 0 Å². The molecule has 0 aliphatic rings. The van der Waals surface area contributed by atoms with Crippen LogP contribution in [0.1, 0.15) is 0 Å². The van der Waals surface area contributed by atoms with Gasteiger partial charge in [0.25, 0.3) is 0 Å². The van der Waals surface area contributed by atoms with Crippen LogP contribution >= 0.6 is 22.9 Å². The van der Waals surface area contributed by atoms with Crippen LogP contribution in [0.5, 0.6) is 0 Å². The molecular weight excluding hydrogens is 256 g/mol. The van der Waals surface area contributed by atoms with Crippen molar-refractivity contribution >= 4 is 29.9 Å². The van der Waals surface area contributed by atoms with Gasteiger partial charge in [-0.15, -0.1) is 0 Å². The summed E-state index contributed by atoms with van der Waals surface area (Å²) in [4.78, 5) is 25.2. The van der Waals surface area contributed by atoms with Crippen molar-refractivity contribution in [2.45, 2.75) is 6.82 Å². The summed E-state index contributed by atoms with van der Waals surface area (Å²) < 4.78 is 39.8. The summed E-state index contributed by atoms with van der Waals surface area (Å²) in [6, 6.07) is 0. The van der Waals surface area contributed by atoms with Crippen molar-refractivity contribution < 1.29 is 37.0 Å². The van der Waals surface area contributed by atoms with Gasteiger partial charge in [0.05, 0.1) is 0 Å². The predicted octanol–water partition coefficient (Wildman–Crippen LogP) is 0.520. The Labute approximate surface area is 81.1 Å². The molecular formula is C2H10BO8P3.